The third kappa shape index (κ3) is 6.18. The van der Waals surface area contributed by atoms with Crippen molar-refractivity contribution in [3.05, 3.63) is 62.8 Å². The molecule has 1 amide bonds. The van der Waals surface area contributed by atoms with E-state index in [1.807, 2.05) is 0 Å². The molecule has 0 saturated heterocycles. The molecule has 2 aromatic rings. The molecule has 0 spiro atoms. The van der Waals surface area contributed by atoms with Crippen molar-refractivity contribution in [3.63, 3.8) is 0 Å². The Morgan fingerprint density at radius 1 is 1.08 bits per heavy atom. The van der Waals surface area contributed by atoms with Crippen molar-refractivity contribution >= 4 is 47.8 Å². The third-order valence-corrected chi connectivity index (χ3v) is 6.18. The van der Waals surface area contributed by atoms with Gasteiger partial charge in [-0.2, -0.15) is 0 Å². The normalized spacial score (nSPS) is 11.3. The van der Waals surface area contributed by atoms with Crippen LogP contribution < -0.4 is 10.0 Å². The van der Waals surface area contributed by atoms with Crippen molar-refractivity contribution < 1.29 is 17.6 Å². The monoisotopic (exact) mass is 492 g/mol. The Kier molecular flexibility index (Phi) is 7.12. The number of carbonyl (C=O) groups is 1. The maximum absolute atomic E-state index is 12.8. The number of hydrogen-bond donors (Lipinski definition) is 2. The number of nitrogens with one attached hydrogen (secondary N) is 2. The Morgan fingerprint density at radius 2 is 1.76 bits per heavy atom. The van der Waals surface area contributed by atoms with Crippen LogP contribution in [0.2, 0.25) is 0 Å². The summed E-state index contributed by atoms with van der Waals surface area (Å²) in [6.45, 7) is 0.222. The van der Waals surface area contributed by atoms with Crippen LogP contribution in [0.25, 0.3) is 0 Å². The summed E-state index contributed by atoms with van der Waals surface area (Å²) in [7, 11) is -3.73. The van der Waals surface area contributed by atoms with E-state index in [-0.39, 0.29) is 36.1 Å². The number of rotatable bonds is 7. The van der Waals surface area contributed by atoms with Gasteiger partial charge >= 0.3 is 0 Å². The lowest BCUT2D eigenvalue weighted by atomic mass is 10.2. The summed E-state index contributed by atoms with van der Waals surface area (Å²) in [6, 6.07) is 10.6. The second kappa shape index (κ2) is 8.88. The molecule has 9 heteroatoms. The van der Waals surface area contributed by atoms with Crippen LogP contribution in [-0.4, -0.2) is 20.9 Å². The van der Waals surface area contributed by atoms with Crippen molar-refractivity contribution in [1.29, 1.82) is 0 Å². The molecule has 0 atom stereocenters. The lowest BCUT2D eigenvalue weighted by Gasteiger charge is -2.09. The highest BCUT2D eigenvalue weighted by molar-refractivity contribution is 9.11. The largest absolute Gasteiger partial charge is 0.352 e. The Labute approximate surface area is 162 Å². The highest BCUT2D eigenvalue weighted by Gasteiger charge is 2.18. The lowest BCUT2D eigenvalue weighted by molar-refractivity contribution is -0.121. The minimum Gasteiger partial charge on any atom is -0.352 e. The molecule has 0 heterocycles. The van der Waals surface area contributed by atoms with E-state index in [1.165, 1.54) is 18.2 Å². The van der Waals surface area contributed by atoms with Crippen LogP contribution >= 0.6 is 31.9 Å². The molecule has 0 fully saturated rings. The summed E-state index contributed by atoms with van der Waals surface area (Å²) >= 11 is 6.42. The van der Waals surface area contributed by atoms with Crippen LogP contribution in [0.5, 0.6) is 0 Å². The van der Waals surface area contributed by atoms with Gasteiger partial charge in [0, 0.05) is 28.5 Å². The quantitative estimate of drug-likeness (QED) is 0.621. The highest BCUT2D eigenvalue weighted by atomic mass is 79.9. The summed E-state index contributed by atoms with van der Waals surface area (Å²) in [6.07, 6.45) is -0.00789. The zero-order valence-electron chi connectivity index (χ0n) is 12.9. The molecule has 5 nitrogen and oxygen atoms in total. The smallest absolute Gasteiger partial charge is 0.241 e. The average Bonchev–Trinajstić information content (AvgIpc) is 2.56. The fourth-order valence-corrected chi connectivity index (χ4v) is 4.48. The Hall–Kier alpha value is -1.29. The molecule has 0 aliphatic rings. The van der Waals surface area contributed by atoms with E-state index in [0.29, 0.717) is 8.95 Å². The molecule has 0 bridgehead atoms. The van der Waals surface area contributed by atoms with E-state index in [2.05, 4.69) is 41.9 Å². The van der Waals surface area contributed by atoms with Gasteiger partial charge < -0.3 is 5.32 Å². The minimum absolute atomic E-state index is 0.00789. The second-order valence-corrected chi connectivity index (χ2v) is 8.63. The molecule has 0 radical (unpaired) electrons. The van der Waals surface area contributed by atoms with Crippen molar-refractivity contribution in [2.45, 2.75) is 17.9 Å². The lowest BCUT2D eigenvalue weighted by Crippen LogP contribution is -2.30. The average molecular weight is 494 g/mol. The molecule has 0 aliphatic heterocycles. The molecule has 0 saturated carbocycles. The van der Waals surface area contributed by atoms with Gasteiger partial charge in [0.15, 0.2) is 0 Å². The fraction of sp³-hybridized carbons (Fsp3) is 0.188. The number of sulfonamides is 1. The summed E-state index contributed by atoms with van der Waals surface area (Å²) in [4.78, 5) is 11.9. The standard InChI is InChI=1S/C16H15Br2FN2O3S/c17-12-3-6-14(18)15(9-12)25(23,24)21-8-7-16(22)20-10-11-1-4-13(19)5-2-11/h1-6,9,21H,7-8,10H2,(H,20,22). The molecule has 0 aliphatic carbocycles. The summed E-state index contributed by atoms with van der Waals surface area (Å²) in [5.41, 5.74) is 0.758. The first-order valence-electron chi connectivity index (χ1n) is 7.24. The van der Waals surface area contributed by atoms with Crippen LogP contribution in [0.15, 0.2) is 56.3 Å². The van der Waals surface area contributed by atoms with E-state index in [4.69, 9.17) is 0 Å². The first-order valence-corrected chi connectivity index (χ1v) is 10.3. The van der Waals surface area contributed by atoms with Crippen molar-refractivity contribution in [2.24, 2.45) is 0 Å². The van der Waals surface area contributed by atoms with Crippen LogP contribution in [-0.2, 0) is 21.4 Å². The number of amides is 1. The van der Waals surface area contributed by atoms with Crippen LogP contribution in [0.1, 0.15) is 12.0 Å². The number of halogens is 3. The molecule has 25 heavy (non-hydrogen) atoms. The van der Waals surface area contributed by atoms with Crippen molar-refractivity contribution in [1.82, 2.24) is 10.0 Å². The molecule has 0 aromatic heterocycles. The molecular formula is C16H15Br2FN2O3S. The molecular weight excluding hydrogens is 479 g/mol. The minimum atomic E-state index is -3.73. The molecule has 134 valence electrons. The van der Waals surface area contributed by atoms with Gasteiger partial charge in [0.2, 0.25) is 15.9 Å². The second-order valence-electron chi connectivity index (χ2n) is 5.13. The summed E-state index contributed by atoms with van der Waals surface area (Å²) < 4.78 is 40.8. The van der Waals surface area contributed by atoms with Gasteiger partial charge in [-0.05, 0) is 51.8 Å². The van der Waals surface area contributed by atoms with Gasteiger partial charge in [-0.15, -0.1) is 0 Å². The molecule has 0 unspecified atom stereocenters. The Morgan fingerprint density at radius 3 is 2.44 bits per heavy atom. The van der Waals surface area contributed by atoms with E-state index < -0.39 is 10.0 Å². The van der Waals surface area contributed by atoms with Gasteiger partial charge in [0.25, 0.3) is 0 Å². The zero-order chi connectivity index (χ0) is 18.4. The van der Waals surface area contributed by atoms with Gasteiger partial charge in [0.1, 0.15) is 5.82 Å². The fourth-order valence-electron chi connectivity index (χ4n) is 1.95. The van der Waals surface area contributed by atoms with Crippen LogP contribution in [0.4, 0.5) is 4.39 Å². The first-order chi connectivity index (χ1) is 11.8. The number of carbonyl (C=O) groups excluding carboxylic acids is 1. The number of benzene rings is 2. The van der Waals surface area contributed by atoms with Crippen LogP contribution in [0.3, 0.4) is 0 Å². The molecule has 2 N–H and O–H groups in total. The van der Waals surface area contributed by atoms with Gasteiger partial charge in [-0.3, -0.25) is 4.79 Å². The first kappa shape index (κ1) is 20.0. The predicted molar refractivity (Wildman–Crippen MR) is 99.9 cm³/mol. The maximum atomic E-state index is 12.8. The Bertz CT molecular complexity index is 858. The number of hydrogen-bond acceptors (Lipinski definition) is 3. The van der Waals surface area contributed by atoms with Crippen molar-refractivity contribution in [3.8, 4) is 0 Å². The third-order valence-electron chi connectivity index (χ3n) is 3.23. The summed E-state index contributed by atoms with van der Waals surface area (Å²) in [5, 5.41) is 2.65. The van der Waals surface area contributed by atoms with E-state index >= 15 is 0 Å². The SMILES string of the molecule is O=C(CCNS(=O)(=O)c1cc(Br)ccc1Br)NCc1ccc(F)cc1. The topological polar surface area (TPSA) is 75.3 Å². The summed E-state index contributed by atoms with van der Waals surface area (Å²) in [5.74, 6) is -0.650. The van der Waals surface area contributed by atoms with E-state index in [1.54, 1.807) is 24.3 Å². The van der Waals surface area contributed by atoms with Crippen LogP contribution in [0, 0.1) is 5.82 Å². The Balaban J connectivity index is 1.83. The maximum Gasteiger partial charge on any atom is 0.241 e. The van der Waals surface area contributed by atoms with E-state index in [9.17, 15) is 17.6 Å². The van der Waals surface area contributed by atoms with Gasteiger partial charge in [-0.25, -0.2) is 17.5 Å². The van der Waals surface area contributed by atoms with Gasteiger partial charge in [-0.1, -0.05) is 28.1 Å². The van der Waals surface area contributed by atoms with E-state index in [0.717, 1.165) is 5.56 Å². The molecule has 2 aromatic carbocycles. The predicted octanol–water partition coefficient (Wildman–Crippen LogP) is 3.34. The zero-order valence-corrected chi connectivity index (χ0v) is 16.9. The van der Waals surface area contributed by atoms with Crippen molar-refractivity contribution in [2.75, 3.05) is 6.54 Å². The highest BCUT2D eigenvalue weighted by Crippen LogP contribution is 2.25. The van der Waals surface area contributed by atoms with Gasteiger partial charge in [0.05, 0.1) is 4.90 Å². The molecule has 2 rings (SSSR count).